The Bertz CT molecular complexity index is 312. The summed E-state index contributed by atoms with van der Waals surface area (Å²) in [6.45, 7) is 5.74. The van der Waals surface area contributed by atoms with Gasteiger partial charge in [-0.05, 0) is 25.0 Å². The molecule has 4 heteroatoms. The highest BCUT2D eigenvalue weighted by Crippen LogP contribution is 2.03. The molecule has 0 aromatic carbocycles. The van der Waals surface area contributed by atoms with Crippen LogP contribution in [0, 0.1) is 0 Å². The average molecular weight is 235 g/mol. The predicted molar refractivity (Wildman–Crippen MR) is 67.8 cm³/mol. The molecule has 17 heavy (non-hydrogen) atoms. The van der Waals surface area contributed by atoms with Crippen molar-refractivity contribution in [1.82, 2.24) is 15.6 Å². The first-order valence-corrected chi connectivity index (χ1v) is 6.28. The highest BCUT2D eigenvalue weighted by Gasteiger charge is 2.15. The van der Waals surface area contributed by atoms with E-state index < -0.39 is 0 Å². The van der Waals surface area contributed by atoms with Crippen LogP contribution in [-0.4, -0.2) is 36.8 Å². The van der Waals surface area contributed by atoms with Crippen LogP contribution in [0.5, 0.6) is 0 Å². The Morgan fingerprint density at radius 1 is 1.65 bits per heavy atom. The second kappa shape index (κ2) is 6.69. The number of nitrogens with one attached hydrogen (secondary N) is 2. The average Bonchev–Trinajstić information content (AvgIpc) is 2.39. The quantitative estimate of drug-likeness (QED) is 0.797. The monoisotopic (exact) mass is 235 g/mol. The number of hydrogen-bond donors (Lipinski definition) is 2. The van der Waals surface area contributed by atoms with Crippen LogP contribution in [0.2, 0.25) is 0 Å². The molecule has 1 fully saturated rings. The molecule has 2 unspecified atom stereocenters. The lowest BCUT2D eigenvalue weighted by Crippen LogP contribution is -2.44. The molecule has 0 spiro atoms. The number of pyridine rings is 1. The third kappa shape index (κ3) is 4.42. The zero-order valence-electron chi connectivity index (χ0n) is 10.4. The van der Waals surface area contributed by atoms with Gasteiger partial charge >= 0.3 is 0 Å². The summed E-state index contributed by atoms with van der Waals surface area (Å²) in [5.41, 5.74) is 1.23. The fourth-order valence-corrected chi connectivity index (χ4v) is 2.08. The molecule has 4 nitrogen and oxygen atoms in total. The van der Waals surface area contributed by atoms with Gasteiger partial charge in [-0.15, -0.1) is 0 Å². The Hall–Kier alpha value is -0.970. The summed E-state index contributed by atoms with van der Waals surface area (Å²) in [5.74, 6) is 0. The van der Waals surface area contributed by atoms with Crippen molar-refractivity contribution in [2.45, 2.75) is 32.0 Å². The molecule has 1 aliphatic rings. The van der Waals surface area contributed by atoms with Gasteiger partial charge in [0.25, 0.3) is 0 Å². The van der Waals surface area contributed by atoms with Crippen molar-refractivity contribution in [2.24, 2.45) is 0 Å². The van der Waals surface area contributed by atoms with Crippen molar-refractivity contribution in [3.8, 4) is 0 Å². The molecule has 1 aromatic rings. The van der Waals surface area contributed by atoms with Gasteiger partial charge in [0.1, 0.15) is 0 Å². The second-order valence-electron chi connectivity index (χ2n) is 4.60. The minimum atomic E-state index is 0.481. The fraction of sp³-hybridized carbons (Fsp3) is 0.615. The molecule has 2 N–H and O–H groups in total. The van der Waals surface area contributed by atoms with Crippen molar-refractivity contribution >= 4 is 0 Å². The number of ether oxygens (including phenoxy) is 1. The van der Waals surface area contributed by atoms with Gasteiger partial charge in [0.15, 0.2) is 0 Å². The summed E-state index contributed by atoms with van der Waals surface area (Å²) in [6.07, 6.45) is 4.80. The van der Waals surface area contributed by atoms with Crippen molar-refractivity contribution in [3.05, 3.63) is 30.1 Å². The van der Waals surface area contributed by atoms with Crippen LogP contribution in [0.25, 0.3) is 0 Å². The van der Waals surface area contributed by atoms with Crippen LogP contribution in [0.3, 0.4) is 0 Å². The van der Waals surface area contributed by atoms with E-state index in [1.165, 1.54) is 5.56 Å². The Kier molecular flexibility index (Phi) is 4.91. The zero-order chi connectivity index (χ0) is 11.9. The van der Waals surface area contributed by atoms with Gasteiger partial charge in [0.05, 0.1) is 13.2 Å². The molecule has 0 amide bonds. The van der Waals surface area contributed by atoms with Crippen LogP contribution >= 0.6 is 0 Å². The molecule has 1 aliphatic heterocycles. The third-order valence-corrected chi connectivity index (χ3v) is 3.01. The molecule has 1 saturated heterocycles. The van der Waals surface area contributed by atoms with E-state index in [-0.39, 0.29) is 0 Å². The lowest BCUT2D eigenvalue weighted by Gasteiger charge is -2.26. The number of rotatable bonds is 5. The molecule has 0 aliphatic carbocycles. The standard InChI is InChI=1S/C13H21N3O/c1-11(7-13-10-17-6-5-15-13)16-9-12-3-2-4-14-8-12/h2-4,8,11,13,15-16H,5-7,9-10H2,1H3. The first-order chi connectivity index (χ1) is 8.34. The van der Waals surface area contributed by atoms with E-state index in [0.29, 0.717) is 12.1 Å². The SMILES string of the molecule is CC(CC1COCCN1)NCc1cccnc1. The van der Waals surface area contributed by atoms with Crippen LogP contribution < -0.4 is 10.6 Å². The van der Waals surface area contributed by atoms with E-state index in [2.05, 4.69) is 28.6 Å². The Labute approximate surface area is 103 Å². The summed E-state index contributed by atoms with van der Waals surface area (Å²) >= 11 is 0. The van der Waals surface area contributed by atoms with Crippen LogP contribution in [0.1, 0.15) is 18.9 Å². The first kappa shape index (κ1) is 12.5. The lowest BCUT2D eigenvalue weighted by molar-refractivity contribution is 0.0712. The van der Waals surface area contributed by atoms with Gasteiger partial charge in [-0.1, -0.05) is 6.07 Å². The van der Waals surface area contributed by atoms with Crippen molar-refractivity contribution in [3.63, 3.8) is 0 Å². The summed E-state index contributed by atoms with van der Waals surface area (Å²) in [4.78, 5) is 4.11. The largest absolute Gasteiger partial charge is 0.379 e. The molecule has 0 saturated carbocycles. The molecule has 1 aromatic heterocycles. The van der Waals surface area contributed by atoms with Gasteiger partial charge in [0, 0.05) is 37.6 Å². The highest BCUT2D eigenvalue weighted by atomic mass is 16.5. The first-order valence-electron chi connectivity index (χ1n) is 6.28. The molecule has 94 valence electrons. The minimum Gasteiger partial charge on any atom is -0.379 e. The van der Waals surface area contributed by atoms with E-state index in [1.807, 2.05) is 12.3 Å². The zero-order valence-corrected chi connectivity index (χ0v) is 10.4. The maximum absolute atomic E-state index is 5.45. The van der Waals surface area contributed by atoms with Gasteiger partial charge in [-0.25, -0.2) is 0 Å². The maximum atomic E-state index is 5.45. The van der Waals surface area contributed by atoms with Gasteiger partial charge < -0.3 is 15.4 Å². The maximum Gasteiger partial charge on any atom is 0.0620 e. The normalized spacial score (nSPS) is 22.3. The Morgan fingerprint density at radius 3 is 3.29 bits per heavy atom. The van der Waals surface area contributed by atoms with Gasteiger partial charge in [-0.3, -0.25) is 4.98 Å². The van der Waals surface area contributed by atoms with Crippen molar-refractivity contribution in [2.75, 3.05) is 19.8 Å². The molecule has 2 atom stereocenters. The molecule has 2 rings (SSSR count). The van der Waals surface area contributed by atoms with E-state index >= 15 is 0 Å². The van der Waals surface area contributed by atoms with E-state index in [9.17, 15) is 0 Å². The van der Waals surface area contributed by atoms with Gasteiger partial charge in [-0.2, -0.15) is 0 Å². The van der Waals surface area contributed by atoms with E-state index in [4.69, 9.17) is 4.74 Å². The summed E-state index contributed by atoms with van der Waals surface area (Å²) in [7, 11) is 0. The summed E-state index contributed by atoms with van der Waals surface area (Å²) in [5, 5.41) is 6.98. The molecular weight excluding hydrogens is 214 g/mol. The summed E-state index contributed by atoms with van der Waals surface area (Å²) < 4.78 is 5.45. The van der Waals surface area contributed by atoms with Crippen LogP contribution in [0.4, 0.5) is 0 Å². The lowest BCUT2D eigenvalue weighted by atomic mass is 10.1. The second-order valence-corrected chi connectivity index (χ2v) is 4.60. The van der Waals surface area contributed by atoms with Crippen LogP contribution in [-0.2, 0) is 11.3 Å². The van der Waals surface area contributed by atoms with Crippen molar-refractivity contribution in [1.29, 1.82) is 0 Å². The molecule has 0 radical (unpaired) electrons. The van der Waals surface area contributed by atoms with Crippen LogP contribution in [0.15, 0.2) is 24.5 Å². The van der Waals surface area contributed by atoms with Crippen molar-refractivity contribution < 1.29 is 4.74 Å². The topological polar surface area (TPSA) is 46.2 Å². The smallest absolute Gasteiger partial charge is 0.0620 e. The van der Waals surface area contributed by atoms with Gasteiger partial charge in [0.2, 0.25) is 0 Å². The number of hydrogen-bond acceptors (Lipinski definition) is 4. The number of nitrogens with zero attached hydrogens (tertiary/aromatic N) is 1. The number of aromatic nitrogens is 1. The Morgan fingerprint density at radius 2 is 2.59 bits per heavy atom. The molecule has 0 bridgehead atoms. The van der Waals surface area contributed by atoms with E-state index in [1.54, 1.807) is 6.20 Å². The minimum absolute atomic E-state index is 0.481. The fourth-order valence-electron chi connectivity index (χ4n) is 2.08. The molecular formula is C13H21N3O. The third-order valence-electron chi connectivity index (χ3n) is 3.01. The highest BCUT2D eigenvalue weighted by molar-refractivity contribution is 5.07. The molecule has 2 heterocycles. The Balaban J connectivity index is 1.68. The summed E-state index contributed by atoms with van der Waals surface area (Å²) in [6, 6.07) is 5.03. The van der Waals surface area contributed by atoms with E-state index in [0.717, 1.165) is 32.7 Å². The number of morpholine rings is 1. The predicted octanol–water partition coefficient (Wildman–Crippen LogP) is 0.938.